The normalized spacial score (nSPS) is 13.8. The molecule has 3 N–H and O–H groups in total. The number of hydroxylamine groups is 2. The SMILES string of the molecule is O=C(CO)N(O)CCCCOP(=O)([O-])O.[Na+]. The number of aliphatic hydroxyl groups is 1. The zero-order chi connectivity index (χ0) is 11.9. The summed E-state index contributed by atoms with van der Waals surface area (Å²) in [5, 5.41) is 17.6. The third-order valence-corrected chi connectivity index (χ3v) is 1.95. The van der Waals surface area contributed by atoms with E-state index in [2.05, 4.69) is 4.52 Å². The van der Waals surface area contributed by atoms with Gasteiger partial charge in [-0.05, 0) is 12.8 Å². The number of amides is 1. The monoisotopic (exact) mass is 265 g/mol. The largest absolute Gasteiger partial charge is 1.00 e. The number of phosphoric acid groups is 1. The third-order valence-electron chi connectivity index (χ3n) is 1.44. The van der Waals surface area contributed by atoms with Crippen LogP contribution in [-0.2, 0) is 13.9 Å². The van der Waals surface area contributed by atoms with Gasteiger partial charge in [-0.2, -0.15) is 0 Å². The first kappa shape index (κ1) is 18.9. The average Bonchev–Trinajstić information content (AvgIpc) is 2.14. The van der Waals surface area contributed by atoms with E-state index in [1.54, 1.807) is 0 Å². The summed E-state index contributed by atoms with van der Waals surface area (Å²) in [5.74, 6) is -0.840. The van der Waals surface area contributed by atoms with Crippen LogP contribution in [0.15, 0.2) is 0 Å². The molecule has 8 nitrogen and oxygen atoms in total. The number of carbonyl (C=O) groups excluding carboxylic acids is 1. The van der Waals surface area contributed by atoms with E-state index >= 15 is 0 Å². The second kappa shape index (κ2) is 9.52. The predicted molar refractivity (Wildman–Crippen MR) is 45.6 cm³/mol. The van der Waals surface area contributed by atoms with Gasteiger partial charge in [-0.3, -0.25) is 14.6 Å². The van der Waals surface area contributed by atoms with Crippen LogP contribution >= 0.6 is 7.82 Å². The minimum atomic E-state index is -4.69. The van der Waals surface area contributed by atoms with Crippen molar-refractivity contribution in [1.29, 1.82) is 0 Å². The Balaban J connectivity index is 0. The Bertz CT molecular complexity index is 245. The zero-order valence-corrected chi connectivity index (χ0v) is 11.8. The van der Waals surface area contributed by atoms with Crippen molar-refractivity contribution in [2.24, 2.45) is 0 Å². The van der Waals surface area contributed by atoms with Gasteiger partial charge in [0.1, 0.15) is 6.61 Å². The van der Waals surface area contributed by atoms with Crippen molar-refractivity contribution in [3.05, 3.63) is 0 Å². The van der Waals surface area contributed by atoms with E-state index in [9.17, 15) is 14.3 Å². The van der Waals surface area contributed by atoms with Gasteiger partial charge in [-0.25, -0.2) is 5.06 Å². The molecule has 0 heterocycles. The molecule has 1 unspecified atom stereocenters. The molecule has 0 aromatic heterocycles. The standard InChI is InChI=1S/C6H14NO7P.Na/c8-5-6(9)7(10)3-1-2-4-14-15(11,12)13;/h8,10H,1-5H2,(H2,11,12,13);/q;+1/p-1. The Hall–Kier alpha value is 0.500. The van der Waals surface area contributed by atoms with Gasteiger partial charge in [-0.15, -0.1) is 0 Å². The first-order valence-corrected chi connectivity index (χ1v) is 5.65. The minimum Gasteiger partial charge on any atom is -0.756 e. The zero-order valence-electron chi connectivity index (χ0n) is 8.90. The minimum absolute atomic E-state index is 0. The molecule has 16 heavy (non-hydrogen) atoms. The van der Waals surface area contributed by atoms with Crippen LogP contribution in [0, 0.1) is 0 Å². The summed E-state index contributed by atoms with van der Waals surface area (Å²) in [7, 11) is -4.69. The molecule has 0 saturated carbocycles. The Morgan fingerprint density at radius 2 is 2.00 bits per heavy atom. The Labute approximate surface area is 115 Å². The molecule has 1 amide bonds. The van der Waals surface area contributed by atoms with Gasteiger partial charge in [0.05, 0.1) is 6.61 Å². The van der Waals surface area contributed by atoms with Crippen LogP contribution in [0.25, 0.3) is 0 Å². The molecule has 0 radical (unpaired) electrons. The number of unbranched alkanes of at least 4 members (excludes halogenated alkanes) is 1. The van der Waals surface area contributed by atoms with E-state index in [1.807, 2.05) is 0 Å². The molecule has 0 rings (SSSR count). The van der Waals surface area contributed by atoms with Crippen molar-refractivity contribution < 1.29 is 63.5 Å². The van der Waals surface area contributed by atoms with Crippen LogP contribution in [0.2, 0.25) is 0 Å². The molecule has 0 aromatic rings. The van der Waals surface area contributed by atoms with Gasteiger partial charge in [0.15, 0.2) is 0 Å². The van der Waals surface area contributed by atoms with E-state index in [-0.39, 0.29) is 55.6 Å². The van der Waals surface area contributed by atoms with Crippen molar-refractivity contribution in [2.75, 3.05) is 19.8 Å². The number of rotatable bonds is 7. The molecule has 0 aliphatic rings. The quantitative estimate of drug-likeness (QED) is 0.139. The maximum Gasteiger partial charge on any atom is 1.00 e. The number of aliphatic hydroxyl groups excluding tert-OH is 1. The van der Waals surface area contributed by atoms with E-state index in [1.165, 1.54) is 0 Å². The van der Waals surface area contributed by atoms with Gasteiger partial charge in [-0.1, -0.05) is 0 Å². The van der Waals surface area contributed by atoms with Crippen LogP contribution in [0.4, 0.5) is 0 Å². The van der Waals surface area contributed by atoms with E-state index in [4.69, 9.17) is 15.2 Å². The van der Waals surface area contributed by atoms with Crippen molar-refractivity contribution in [2.45, 2.75) is 12.8 Å². The fraction of sp³-hybridized carbons (Fsp3) is 0.833. The number of nitrogens with zero attached hydrogens (tertiary/aromatic N) is 1. The maximum absolute atomic E-state index is 10.6. The van der Waals surface area contributed by atoms with Crippen LogP contribution in [-0.4, -0.2) is 45.9 Å². The summed E-state index contributed by atoms with van der Waals surface area (Å²) in [6, 6.07) is 0. The predicted octanol–water partition coefficient (Wildman–Crippen LogP) is -4.54. The molecule has 1 atom stereocenters. The number of hydrogen-bond donors (Lipinski definition) is 3. The fourth-order valence-electron chi connectivity index (χ4n) is 0.750. The van der Waals surface area contributed by atoms with Crippen LogP contribution in [0.5, 0.6) is 0 Å². The van der Waals surface area contributed by atoms with Crippen molar-refractivity contribution in [3.8, 4) is 0 Å². The van der Waals surface area contributed by atoms with Crippen molar-refractivity contribution >= 4 is 13.7 Å². The third kappa shape index (κ3) is 11.0. The van der Waals surface area contributed by atoms with Crippen LogP contribution in [0.1, 0.15) is 12.8 Å². The second-order valence-electron chi connectivity index (χ2n) is 2.68. The smallest absolute Gasteiger partial charge is 0.756 e. The van der Waals surface area contributed by atoms with Crippen molar-refractivity contribution in [3.63, 3.8) is 0 Å². The molecule has 10 heteroatoms. The van der Waals surface area contributed by atoms with Gasteiger partial charge >= 0.3 is 29.6 Å². The van der Waals surface area contributed by atoms with Gasteiger partial charge in [0, 0.05) is 6.54 Å². The molecule has 0 spiro atoms. The van der Waals surface area contributed by atoms with Crippen LogP contribution < -0.4 is 34.5 Å². The average molecular weight is 265 g/mol. The van der Waals surface area contributed by atoms with E-state index < -0.39 is 20.3 Å². The first-order valence-electron chi connectivity index (χ1n) is 4.15. The molecule has 90 valence electrons. The summed E-state index contributed by atoms with van der Waals surface area (Å²) in [6.07, 6.45) is 0.519. The van der Waals surface area contributed by atoms with Gasteiger partial charge in [0.2, 0.25) is 0 Å². The molecular weight excluding hydrogens is 252 g/mol. The van der Waals surface area contributed by atoms with Gasteiger partial charge < -0.3 is 19.4 Å². The van der Waals surface area contributed by atoms with E-state index in [0.717, 1.165) is 0 Å². The summed E-state index contributed by atoms with van der Waals surface area (Å²) in [4.78, 5) is 28.9. The first-order chi connectivity index (χ1) is 6.87. The fourth-order valence-corrected chi connectivity index (χ4v) is 1.11. The topological polar surface area (TPSA) is 130 Å². The summed E-state index contributed by atoms with van der Waals surface area (Å²) in [5.41, 5.74) is 0. The molecule has 0 aliphatic carbocycles. The number of hydrogen-bond acceptors (Lipinski definition) is 6. The Morgan fingerprint density at radius 1 is 1.44 bits per heavy atom. The number of phosphoric ester groups is 1. The Morgan fingerprint density at radius 3 is 2.44 bits per heavy atom. The van der Waals surface area contributed by atoms with Gasteiger partial charge in [0.25, 0.3) is 13.7 Å². The molecule has 0 aliphatic heterocycles. The summed E-state index contributed by atoms with van der Waals surface area (Å²) in [6.45, 7) is -1.06. The Kier molecular flexibility index (Phi) is 11.2. The number of carbonyl (C=O) groups is 1. The molecule has 0 fully saturated rings. The molecule has 0 saturated heterocycles. The van der Waals surface area contributed by atoms with Crippen LogP contribution in [0.3, 0.4) is 0 Å². The van der Waals surface area contributed by atoms with E-state index in [0.29, 0.717) is 5.06 Å². The summed E-state index contributed by atoms with van der Waals surface area (Å²) < 4.78 is 14.1. The molecular formula is C6H13NNaO7P. The second-order valence-corrected chi connectivity index (χ2v) is 3.88. The van der Waals surface area contributed by atoms with Crippen molar-refractivity contribution in [1.82, 2.24) is 5.06 Å². The molecule has 0 aromatic carbocycles. The maximum atomic E-state index is 10.6. The molecule has 0 bridgehead atoms. The summed E-state index contributed by atoms with van der Waals surface area (Å²) >= 11 is 0.